The average Bonchev–Trinajstić information content (AvgIpc) is 3.49. The zero-order chi connectivity index (χ0) is 54.1. The van der Waals surface area contributed by atoms with Gasteiger partial charge in [-0.3, -0.25) is 19.2 Å². The number of amides is 2. The summed E-state index contributed by atoms with van der Waals surface area (Å²) in [6, 6.07) is 48.2. The summed E-state index contributed by atoms with van der Waals surface area (Å²) in [5.74, 6) is 4.13. The first-order chi connectivity index (χ1) is 38.2. The monoisotopic (exact) mass is 1060 g/mol. The van der Waals surface area contributed by atoms with Crippen molar-refractivity contribution in [2.75, 3.05) is 92.4 Å². The third-order valence-electron chi connectivity index (χ3n) is 15.0. The molecular formula is C64H68F2N2O10. The van der Waals surface area contributed by atoms with Crippen LogP contribution in [0.2, 0.25) is 0 Å². The Hall–Kier alpha value is -7.42. The third-order valence-corrected chi connectivity index (χ3v) is 15.0. The summed E-state index contributed by atoms with van der Waals surface area (Å²) in [5, 5.41) is 0. The second-order valence-electron chi connectivity index (χ2n) is 20.1. The molecule has 0 saturated carbocycles. The van der Waals surface area contributed by atoms with Gasteiger partial charge >= 0.3 is 0 Å². The summed E-state index contributed by atoms with van der Waals surface area (Å²) in [5.41, 5.74) is 7.74. The summed E-state index contributed by atoms with van der Waals surface area (Å²) in [6.07, 6.45) is 4.19. The van der Waals surface area contributed by atoms with Gasteiger partial charge in [-0.25, -0.2) is 8.78 Å². The van der Waals surface area contributed by atoms with E-state index in [1.807, 2.05) is 58.3 Å². The number of ketones is 2. The maximum Gasteiger partial charge on any atom is 0.253 e. The Morgan fingerprint density at radius 3 is 1.22 bits per heavy atom. The molecule has 4 aliphatic heterocycles. The molecule has 10 rings (SSSR count). The number of hydrogen-bond acceptors (Lipinski definition) is 10. The van der Waals surface area contributed by atoms with E-state index < -0.39 is 13.3 Å². The van der Waals surface area contributed by atoms with Crippen molar-refractivity contribution in [2.45, 2.75) is 50.4 Å². The number of benzene rings is 6. The molecule has 4 aliphatic rings. The molecule has 0 aliphatic carbocycles. The summed E-state index contributed by atoms with van der Waals surface area (Å²) < 4.78 is 57.1. The lowest BCUT2D eigenvalue weighted by Crippen LogP contribution is -2.40. The van der Waals surface area contributed by atoms with Crippen LogP contribution in [0.15, 0.2) is 146 Å². The number of Topliss-reactive ketones (excluding diaryl/α,β-unsaturated/α-hetero) is 2. The molecule has 0 radical (unpaired) electrons. The Kier molecular flexibility index (Phi) is 19.7. The van der Waals surface area contributed by atoms with E-state index in [2.05, 4.69) is 72.8 Å². The Bertz CT molecular complexity index is 2710. The molecule has 2 amide bonds. The molecule has 78 heavy (non-hydrogen) atoms. The van der Waals surface area contributed by atoms with E-state index in [4.69, 9.17) is 28.4 Å². The molecule has 0 bridgehead atoms. The second kappa shape index (κ2) is 27.8. The van der Waals surface area contributed by atoms with Crippen LogP contribution in [0.25, 0.3) is 0 Å². The van der Waals surface area contributed by atoms with Crippen LogP contribution in [-0.4, -0.2) is 126 Å². The summed E-state index contributed by atoms with van der Waals surface area (Å²) in [4.78, 5) is 54.1. The average molecular weight is 1060 g/mol. The van der Waals surface area contributed by atoms with E-state index in [-0.39, 0.29) is 61.6 Å². The fourth-order valence-corrected chi connectivity index (χ4v) is 11.2. The molecule has 2 saturated heterocycles. The van der Waals surface area contributed by atoms with E-state index >= 15 is 0 Å². The van der Waals surface area contributed by atoms with Crippen LogP contribution in [0.5, 0.6) is 23.0 Å². The summed E-state index contributed by atoms with van der Waals surface area (Å²) >= 11 is 0. The molecule has 0 unspecified atom stereocenters. The highest BCUT2D eigenvalue weighted by Gasteiger charge is 2.33. The van der Waals surface area contributed by atoms with Gasteiger partial charge in [0.15, 0.2) is 11.6 Å². The zero-order valence-corrected chi connectivity index (χ0v) is 44.0. The molecule has 0 N–H and O–H groups in total. The van der Waals surface area contributed by atoms with Gasteiger partial charge in [0.1, 0.15) is 62.8 Å². The number of rotatable bonds is 20. The van der Waals surface area contributed by atoms with Crippen molar-refractivity contribution >= 4 is 23.4 Å². The summed E-state index contributed by atoms with van der Waals surface area (Å²) in [6.45, 7) is 3.58. The number of nitrogens with zero attached hydrogens (tertiary/aromatic N) is 2. The van der Waals surface area contributed by atoms with Gasteiger partial charge < -0.3 is 38.2 Å². The van der Waals surface area contributed by atoms with Gasteiger partial charge in [-0.15, -0.1) is 0 Å². The first-order valence-corrected chi connectivity index (χ1v) is 27.2. The highest BCUT2D eigenvalue weighted by molar-refractivity contribution is 5.96. The molecule has 2 fully saturated rings. The third kappa shape index (κ3) is 14.6. The molecule has 14 heteroatoms. The van der Waals surface area contributed by atoms with Crippen molar-refractivity contribution < 1.29 is 56.4 Å². The van der Waals surface area contributed by atoms with Crippen molar-refractivity contribution in [3.8, 4) is 23.0 Å². The van der Waals surface area contributed by atoms with Crippen LogP contribution in [0.4, 0.5) is 8.78 Å². The lowest BCUT2D eigenvalue weighted by atomic mass is 9.76. The van der Waals surface area contributed by atoms with Crippen molar-refractivity contribution in [2.24, 2.45) is 11.8 Å². The fourth-order valence-electron chi connectivity index (χ4n) is 11.2. The molecule has 408 valence electrons. The van der Waals surface area contributed by atoms with Gasteiger partial charge in [0.05, 0.1) is 26.4 Å². The predicted octanol–water partition coefficient (Wildman–Crippen LogP) is 10.5. The minimum atomic E-state index is -0.492. The van der Waals surface area contributed by atoms with Crippen molar-refractivity contribution in [3.63, 3.8) is 0 Å². The largest absolute Gasteiger partial charge is 0.491 e. The maximum atomic E-state index is 13.3. The van der Waals surface area contributed by atoms with Gasteiger partial charge in [-0.1, -0.05) is 84.9 Å². The number of fused-ring (bicyclic) bond motifs is 2. The molecule has 2 atom stereocenters. The standard InChI is InChI=1S/2C32H34FNO5/c2*33-14-17-37-18-19-38-29-9-6-24(7-10-29)31(23-4-2-1-3-5-23)25-12-15-34(16-13-25)32(36)26-8-11-30-27(20-26)21-28(35)22-39-30/h2*1-11,20,25,31H,12-19,21-22H2/t2*31-/m10/s1. The van der Waals surface area contributed by atoms with Gasteiger partial charge in [0.25, 0.3) is 11.8 Å². The Morgan fingerprint density at radius 1 is 0.474 bits per heavy atom. The van der Waals surface area contributed by atoms with Crippen LogP contribution in [0.1, 0.15) is 91.6 Å². The topological polar surface area (TPSA) is 130 Å². The number of halogens is 2. The van der Waals surface area contributed by atoms with Gasteiger partial charge in [0, 0.05) is 73.1 Å². The Morgan fingerprint density at radius 2 is 0.846 bits per heavy atom. The van der Waals surface area contributed by atoms with Crippen LogP contribution >= 0.6 is 0 Å². The molecule has 0 spiro atoms. The number of hydrogen-bond donors (Lipinski definition) is 0. The van der Waals surface area contributed by atoms with Crippen LogP contribution in [-0.2, 0) is 31.9 Å². The number of alkyl halides is 2. The van der Waals surface area contributed by atoms with E-state index in [9.17, 15) is 28.0 Å². The minimum Gasteiger partial charge on any atom is -0.491 e. The number of likely N-dealkylation sites (tertiary alicyclic amines) is 2. The highest BCUT2D eigenvalue weighted by Crippen LogP contribution is 2.41. The number of carbonyl (C=O) groups excluding carboxylic acids is 4. The molecule has 12 nitrogen and oxygen atoms in total. The van der Waals surface area contributed by atoms with Crippen molar-refractivity contribution in [1.29, 1.82) is 0 Å². The van der Waals surface area contributed by atoms with Gasteiger partial charge in [-0.2, -0.15) is 0 Å². The lowest BCUT2D eigenvalue weighted by Gasteiger charge is -2.37. The van der Waals surface area contributed by atoms with E-state index in [1.54, 1.807) is 24.3 Å². The highest BCUT2D eigenvalue weighted by atomic mass is 19.1. The predicted molar refractivity (Wildman–Crippen MR) is 293 cm³/mol. The molecule has 6 aromatic rings. The number of piperidine rings is 2. The van der Waals surface area contributed by atoms with Gasteiger partial charge in [0.2, 0.25) is 0 Å². The Balaban J connectivity index is 0.000000190. The molecular weight excluding hydrogens is 995 g/mol. The molecule has 4 heterocycles. The first kappa shape index (κ1) is 55.3. The minimum absolute atomic E-state index is 0.00234. The number of carbonyl (C=O) groups is 4. The summed E-state index contributed by atoms with van der Waals surface area (Å²) in [7, 11) is 0. The van der Waals surface area contributed by atoms with Crippen LogP contribution < -0.4 is 18.9 Å². The van der Waals surface area contributed by atoms with Crippen LogP contribution in [0.3, 0.4) is 0 Å². The van der Waals surface area contributed by atoms with E-state index in [0.29, 0.717) is 99.9 Å². The van der Waals surface area contributed by atoms with Crippen LogP contribution in [0, 0.1) is 11.8 Å². The van der Waals surface area contributed by atoms with Gasteiger partial charge in [-0.05, 0) is 120 Å². The fraction of sp³-hybridized carbons (Fsp3) is 0.375. The van der Waals surface area contributed by atoms with E-state index in [0.717, 1.165) is 48.3 Å². The Labute approximate surface area is 455 Å². The lowest BCUT2D eigenvalue weighted by molar-refractivity contribution is -0.122. The van der Waals surface area contributed by atoms with Crippen molar-refractivity contribution in [3.05, 3.63) is 190 Å². The zero-order valence-electron chi connectivity index (χ0n) is 44.0. The van der Waals surface area contributed by atoms with Crippen molar-refractivity contribution in [1.82, 2.24) is 9.80 Å². The second-order valence-corrected chi connectivity index (χ2v) is 20.1. The first-order valence-electron chi connectivity index (χ1n) is 27.2. The SMILES string of the molecule is O=C1COc2ccc(C(=O)N3CCC([C@@H](c4ccccc4)c4ccc(OCCOCCF)cc4)CC3)cc2C1.O=C1COc2ccc(C(=O)N3CCC([C@H](c4ccccc4)c4ccc(OCCOCCF)cc4)CC3)cc2C1. The quantitative estimate of drug-likeness (QED) is 0.0681. The molecule has 6 aromatic carbocycles. The smallest absolute Gasteiger partial charge is 0.253 e. The molecule has 0 aromatic heterocycles. The van der Waals surface area contributed by atoms with E-state index in [1.165, 1.54) is 22.3 Å². The maximum absolute atomic E-state index is 13.3. The number of ether oxygens (including phenoxy) is 6. The normalized spacial score (nSPS) is 16.3.